The number of hydrogen-bond acceptors (Lipinski definition) is 2. The Balaban J connectivity index is 2.99. The van der Waals surface area contributed by atoms with Crippen LogP contribution in [-0.2, 0) is 6.42 Å². The van der Waals surface area contributed by atoms with Gasteiger partial charge in [-0.25, -0.2) is 0 Å². The Kier molecular flexibility index (Phi) is 6.22. The first kappa shape index (κ1) is 15.6. The summed E-state index contributed by atoms with van der Waals surface area (Å²) in [5, 5.41) is 10.1. The molecule has 0 fully saturated rings. The summed E-state index contributed by atoms with van der Waals surface area (Å²) < 4.78 is 6.53. The average molecular weight is 378 g/mol. The predicted molar refractivity (Wildman–Crippen MR) is 83.0 cm³/mol. The van der Waals surface area contributed by atoms with Crippen molar-refractivity contribution in [2.45, 2.75) is 33.1 Å². The topological polar surface area (TPSA) is 29.5 Å². The van der Waals surface area contributed by atoms with Crippen LogP contribution >= 0.6 is 31.9 Å². The van der Waals surface area contributed by atoms with Gasteiger partial charge in [0.25, 0.3) is 0 Å². The molecule has 0 aliphatic rings. The van der Waals surface area contributed by atoms with Crippen molar-refractivity contribution in [1.29, 1.82) is 0 Å². The van der Waals surface area contributed by atoms with Crippen LogP contribution in [0.5, 0.6) is 11.5 Å². The zero-order chi connectivity index (χ0) is 13.7. The minimum atomic E-state index is 0.275. The van der Waals surface area contributed by atoms with E-state index in [4.69, 9.17) is 4.74 Å². The molecule has 0 amide bonds. The summed E-state index contributed by atoms with van der Waals surface area (Å²) in [5.41, 5.74) is 1.87. The summed E-state index contributed by atoms with van der Waals surface area (Å²) in [5.74, 6) is 1.47. The largest absolute Gasteiger partial charge is 0.507 e. The van der Waals surface area contributed by atoms with Gasteiger partial charge in [0.05, 0.1) is 3.39 Å². The molecular weight excluding hydrogens is 360 g/mol. The molecule has 0 aliphatic carbocycles. The number of ether oxygens (including phenoxy) is 1. The van der Waals surface area contributed by atoms with Crippen molar-refractivity contribution < 1.29 is 9.84 Å². The third-order valence-corrected chi connectivity index (χ3v) is 3.33. The number of aromatic hydroxyl groups is 1. The Hall–Kier alpha value is -0.480. The normalized spacial score (nSPS) is 10.6. The second kappa shape index (κ2) is 7.19. The minimum absolute atomic E-state index is 0.275. The van der Waals surface area contributed by atoms with Crippen molar-refractivity contribution in [2.24, 2.45) is 0 Å². The second-order valence-corrected chi connectivity index (χ2v) is 7.11. The van der Waals surface area contributed by atoms with Gasteiger partial charge in [-0.1, -0.05) is 20.8 Å². The molecule has 4 heteroatoms. The molecule has 1 aromatic rings. The van der Waals surface area contributed by atoms with Crippen LogP contribution in [0, 0.1) is 0 Å². The van der Waals surface area contributed by atoms with Crippen LogP contribution in [-0.4, -0.2) is 11.7 Å². The van der Waals surface area contributed by atoms with Gasteiger partial charge in [-0.2, -0.15) is 0 Å². The van der Waals surface area contributed by atoms with Gasteiger partial charge in [0.2, 0.25) is 0 Å². The van der Waals surface area contributed by atoms with Gasteiger partial charge >= 0.3 is 0 Å². The highest BCUT2D eigenvalue weighted by Gasteiger charge is 2.12. The van der Waals surface area contributed by atoms with Gasteiger partial charge < -0.3 is 9.84 Å². The quantitative estimate of drug-likeness (QED) is 0.774. The zero-order valence-corrected chi connectivity index (χ0v) is 14.0. The monoisotopic (exact) mass is 376 g/mol. The first-order chi connectivity index (χ1) is 8.45. The van der Waals surface area contributed by atoms with Gasteiger partial charge in [-0.15, -0.1) is 0 Å². The van der Waals surface area contributed by atoms with Crippen LogP contribution in [0.2, 0.25) is 0 Å². The van der Waals surface area contributed by atoms with Crippen LogP contribution < -0.4 is 4.74 Å². The number of rotatable bonds is 5. The van der Waals surface area contributed by atoms with Crippen molar-refractivity contribution >= 4 is 31.9 Å². The van der Waals surface area contributed by atoms with Crippen LogP contribution in [0.15, 0.2) is 21.6 Å². The van der Waals surface area contributed by atoms with E-state index in [0.29, 0.717) is 12.4 Å². The summed E-state index contributed by atoms with van der Waals surface area (Å²) in [6.07, 6.45) is 2.67. The first-order valence-electron chi connectivity index (χ1n) is 5.95. The Morgan fingerprint density at radius 1 is 1.39 bits per heavy atom. The molecule has 0 saturated carbocycles. The van der Waals surface area contributed by atoms with Gasteiger partial charge in [-0.05, 0) is 68.0 Å². The summed E-state index contributed by atoms with van der Waals surface area (Å²) in [6.45, 7) is 6.63. The molecule has 0 aliphatic heterocycles. The van der Waals surface area contributed by atoms with E-state index in [1.165, 1.54) is 0 Å². The van der Waals surface area contributed by atoms with Crippen molar-refractivity contribution in [3.63, 3.8) is 0 Å². The van der Waals surface area contributed by atoms with Gasteiger partial charge in [0, 0.05) is 5.56 Å². The van der Waals surface area contributed by atoms with E-state index in [1.807, 2.05) is 25.1 Å². The number of aryl methyl sites for hydroxylation is 1. The lowest BCUT2D eigenvalue weighted by Crippen LogP contribution is -1.98. The molecular formula is C14H18Br2O2. The molecule has 0 saturated heterocycles. The summed E-state index contributed by atoms with van der Waals surface area (Å²) in [7, 11) is 0. The number of phenolic OH excluding ortho intramolecular Hbond substituents is 1. The van der Waals surface area contributed by atoms with Gasteiger partial charge in [0.1, 0.15) is 18.1 Å². The van der Waals surface area contributed by atoms with E-state index in [2.05, 4.69) is 45.7 Å². The van der Waals surface area contributed by atoms with Gasteiger partial charge in [0.15, 0.2) is 0 Å². The molecule has 0 bridgehead atoms. The molecule has 1 rings (SSSR count). The molecule has 0 heterocycles. The first-order valence-corrected chi connectivity index (χ1v) is 7.54. The third-order valence-electron chi connectivity index (χ3n) is 2.68. The van der Waals surface area contributed by atoms with E-state index in [1.54, 1.807) is 0 Å². The maximum absolute atomic E-state index is 10.1. The van der Waals surface area contributed by atoms with E-state index < -0.39 is 0 Å². The molecule has 0 radical (unpaired) electrons. The van der Waals surface area contributed by atoms with Crippen LogP contribution in [0.3, 0.4) is 0 Å². The third kappa shape index (κ3) is 4.32. The predicted octanol–water partition coefficient (Wildman–Crippen LogP) is 5.09. The van der Waals surface area contributed by atoms with E-state index >= 15 is 0 Å². The minimum Gasteiger partial charge on any atom is -0.507 e. The highest BCUT2D eigenvalue weighted by Crippen LogP contribution is 2.33. The van der Waals surface area contributed by atoms with Crippen LogP contribution in [0.4, 0.5) is 0 Å². The highest BCUT2D eigenvalue weighted by atomic mass is 79.9. The Bertz CT molecular complexity index is 436. The molecule has 0 spiro atoms. The maximum Gasteiger partial charge on any atom is 0.122 e. The van der Waals surface area contributed by atoms with Crippen molar-refractivity contribution in [2.75, 3.05) is 6.61 Å². The number of hydrogen-bond donors (Lipinski definition) is 1. The fourth-order valence-electron chi connectivity index (χ4n) is 1.68. The van der Waals surface area contributed by atoms with Crippen molar-refractivity contribution in [3.8, 4) is 11.5 Å². The second-order valence-electron chi connectivity index (χ2n) is 4.33. The average Bonchev–Trinajstić information content (AvgIpc) is 2.30. The molecule has 0 atom stereocenters. The lowest BCUT2D eigenvalue weighted by Gasteiger charge is -2.14. The lowest BCUT2D eigenvalue weighted by molar-refractivity contribution is 0.360. The summed E-state index contributed by atoms with van der Waals surface area (Å²) in [6, 6.07) is 3.81. The maximum atomic E-state index is 10.1. The van der Waals surface area contributed by atoms with E-state index in [-0.39, 0.29) is 5.92 Å². The fraction of sp³-hybridized carbons (Fsp3) is 0.429. The molecule has 1 aromatic carbocycles. The molecule has 100 valence electrons. The lowest BCUT2D eigenvalue weighted by atomic mass is 9.97. The molecule has 0 aromatic heterocycles. The summed E-state index contributed by atoms with van der Waals surface area (Å²) >= 11 is 6.57. The molecule has 1 N–H and O–H groups in total. The zero-order valence-electron chi connectivity index (χ0n) is 10.8. The Morgan fingerprint density at radius 2 is 2.06 bits per heavy atom. The molecule has 2 nitrogen and oxygen atoms in total. The van der Waals surface area contributed by atoms with Crippen molar-refractivity contribution in [3.05, 3.63) is 32.7 Å². The standard InChI is InChI=1S/C14H18Br2O2/c1-4-10-7-11(18-6-5-13(15)16)8-12(9(2)3)14(10)17/h5,7-9,17H,4,6H2,1-3H3. The van der Waals surface area contributed by atoms with E-state index in [9.17, 15) is 5.11 Å². The summed E-state index contributed by atoms with van der Waals surface area (Å²) in [4.78, 5) is 0. The molecule has 18 heavy (non-hydrogen) atoms. The SMILES string of the molecule is CCc1cc(OCC=C(Br)Br)cc(C(C)C)c1O. The number of halogens is 2. The van der Waals surface area contributed by atoms with Gasteiger partial charge in [-0.3, -0.25) is 0 Å². The molecule has 0 unspecified atom stereocenters. The highest BCUT2D eigenvalue weighted by molar-refractivity contribution is 9.28. The van der Waals surface area contributed by atoms with Crippen molar-refractivity contribution in [1.82, 2.24) is 0 Å². The van der Waals surface area contributed by atoms with Crippen LogP contribution in [0.25, 0.3) is 0 Å². The Morgan fingerprint density at radius 3 is 2.56 bits per heavy atom. The Labute approximate surface area is 125 Å². The number of phenols is 1. The number of benzene rings is 1. The van der Waals surface area contributed by atoms with Crippen LogP contribution in [0.1, 0.15) is 37.8 Å². The fourth-order valence-corrected chi connectivity index (χ4v) is 1.95. The smallest absolute Gasteiger partial charge is 0.122 e. The van der Waals surface area contributed by atoms with E-state index in [0.717, 1.165) is 26.7 Å².